The van der Waals surface area contributed by atoms with Crippen LogP contribution in [0.3, 0.4) is 0 Å². The van der Waals surface area contributed by atoms with Gasteiger partial charge in [-0.3, -0.25) is 25.2 Å². The molecule has 0 aliphatic rings. The van der Waals surface area contributed by atoms with Crippen molar-refractivity contribution in [1.82, 2.24) is 20.6 Å². The van der Waals surface area contributed by atoms with Crippen molar-refractivity contribution in [3.05, 3.63) is 100.0 Å². The van der Waals surface area contributed by atoms with Crippen LogP contribution in [0, 0.1) is 11.3 Å². The summed E-state index contributed by atoms with van der Waals surface area (Å²) in [6.07, 6.45) is 0. The average molecular weight is 437 g/mol. The first kappa shape index (κ1) is 21.5. The number of hydrazine groups is 1. The molecule has 8 heteroatoms. The zero-order chi connectivity index (χ0) is 23.4. The maximum absolute atomic E-state index is 12.9. The predicted molar refractivity (Wildman–Crippen MR) is 123 cm³/mol. The number of nitriles is 1. The van der Waals surface area contributed by atoms with E-state index >= 15 is 0 Å². The molecule has 4 rings (SSSR count). The molecule has 0 aliphatic carbocycles. The van der Waals surface area contributed by atoms with Crippen LogP contribution in [-0.4, -0.2) is 21.6 Å². The number of carbonyl (C=O) groups is 2. The Bertz CT molecular complexity index is 1480. The van der Waals surface area contributed by atoms with Gasteiger partial charge in [0, 0.05) is 23.1 Å². The van der Waals surface area contributed by atoms with E-state index in [9.17, 15) is 19.6 Å². The van der Waals surface area contributed by atoms with Crippen molar-refractivity contribution in [2.24, 2.45) is 0 Å². The largest absolute Gasteiger partial charge is 0.290 e. The Hall–Kier alpha value is -4.77. The maximum atomic E-state index is 12.9. The van der Waals surface area contributed by atoms with Crippen LogP contribution in [0.5, 0.6) is 0 Å². The number of hydrogen-bond donors (Lipinski definition) is 2. The molecule has 0 radical (unpaired) electrons. The molecule has 0 saturated heterocycles. The SMILES string of the molecule is CCn1nc(C(=O)NNC(=O)c2ccccc2-c2ccccc2C#N)c2ccccc2c1=O. The van der Waals surface area contributed by atoms with Crippen molar-refractivity contribution in [2.45, 2.75) is 13.5 Å². The summed E-state index contributed by atoms with van der Waals surface area (Å²) >= 11 is 0. The zero-order valence-electron chi connectivity index (χ0n) is 17.7. The molecule has 0 atom stereocenters. The molecule has 162 valence electrons. The Labute approximate surface area is 189 Å². The molecule has 2 amide bonds. The van der Waals surface area contributed by atoms with E-state index in [-0.39, 0.29) is 16.8 Å². The number of rotatable bonds is 4. The Morgan fingerprint density at radius 1 is 0.879 bits per heavy atom. The third kappa shape index (κ3) is 4.07. The number of fused-ring (bicyclic) bond motifs is 1. The highest BCUT2D eigenvalue weighted by Gasteiger charge is 2.19. The molecule has 0 fully saturated rings. The molecule has 0 unspecified atom stereocenters. The number of nitrogens with one attached hydrogen (secondary N) is 2. The van der Waals surface area contributed by atoms with E-state index in [2.05, 4.69) is 22.0 Å². The summed E-state index contributed by atoms with van der Waals surface area (Å²) in [5.41, 5.74) is 6.42. The van der Waals surface area contributed by atoms with Crippen molar-refractivity contribution in [1.29, 1.82) is 5.26 Å². The van der Waals surface area contributed by atoms with Gasteiger partial charge in [0.05, 0.1) is 17.0 Å². The van der Waals surface area contributed by atoms with Gasteiger partial charge in [0.25, 0.3) is 17.4 Å². The first-order valence-corrected chi connectivity index (χ1v) is 10.2. The fraction of sp³-hybridized carbons (Fsp3) is 0.0800. The number of amides is 2. The normalized spacial score (nSPS) is 10.4. The van der Waals surface area contributed by atoms with Crippen LogP contribution in [0.4, 0.5) is 0 Å². The lowest BCUT2D eigenvalue weighted by molar-refractivity contribution is 0.0844. The first-order valence-electron chi connectivity index (χ1n) is 10.2. The topological polar surface area (TPSA) is 117 Å². The molecule has 8 nitrogen and oxygen atoms in total. The van der Waals surface area contributed by atoms with Gasteiger partial charge >= 0.3 is 0 Å². The van der Waals surface area contributed by atoms with Crippen molar-refractivity contribution in [2.75, 3.05) is 0 Å². The number of carbonyl (C=O) groups excluding carboxylic acids is 2. The van der Waals surface area contributed by atoms with Crippen LogP contribution in [0.15, 0.2) is 77.6 Å². The molecule has 1 aromatic heterocycles. The van der Waals surface area contributed by atoms with E-state index in [1.165, 1.54) is 4.68 Å². The molecule has 2 N–H and O–H groups in total. The van der Waals surface area contributed by atoms with Crippen molar-refractivity contribution in [3.63, 3.8) is 0 Å². The smallest absolute Gasteiger partial charge is 0.267 e. The number of aromatic nitrogens is 2. The summed E-state index contributed by atoms with van der Waals surface area (Å²) in [5.74, 6) is -1.21. The van der Waals surface area contributed by atoms with Crippen molar-refractivity contribution < 1.29 is 9.59 Å². The molecule has 0 saturated carbocycles. The lowest BCUT2D eigenvalue weighted by Crippen LogP contribution is -2.43. The summed E-state index contributed by atoms with van der Waals surface area (Å²) in [4.78, 5) is 38.3. The number of aryl methyl sites for hydroxylation is 1. The van der Waals surface area contributed by atoms with Gasteiger partial charge in [-0.25, -0.2) is 4.68 Å². The van der Waals surface area contributed by atoms with Crippen molar-refractivity contribution in [3.8, 4) is 17.2 Å². The van der Waals surface area contributed by atoms with Crippen LogP contribution < -0.4 is 16.4 Å². The fourth-order valence-corrected chi connectivity index (χ4v) is 3.59. The van der Waals surface area contributed by atoms with E-state index in [4.69, 9.17) is 0 Å². The number of benzene rings is 3. The quantitative estimate of drug-likeness (QED) is 0.476. The van der Waals surface area contributed by atoms with Gasteiger partial charge in [0.2, 0.25) is 0 Å². The van der Waals surface area contributed by atoms with Gasteiger partial charge < -0.3 is 0 Å². The molecule has 0 spiro atoms. The Morgan fingerprint density at radius 2 is 1.48 bits per heavy atom. The van der Waals surface area contributed by atoms with E-state index < -0.39 is 11.8 Å². The second kappa shape index (κ2) is 9.16. The lowest BCUT2D eigenvalue weighted by Gasteiger charge is -2.13. The molecule has 0 bridgehead atoms. The van der Waals surface area contributed by atoms with Gasteiger partial charge in [-0.2, -0.15) is 10.4 Å². The van der Waals surface area contributed by atoms with E-state index in [1.54, 1.807) is 79.7 Å². The van der Waals surface area contributed by atoms with Gasteiger partial charge in [-0.15, -0.1) is 0 Å². The van der Waals surface area contributed by atoms with Crippen LogP contribution in [0.2, 0.25) is 0 Å². The van der Waals surface area contributed by atoms with Gasteiger partial charge in [-0.05, 0) is 30.7 Å². The summed E-state index contributed by atoms with van der Waals surface area (Å²) in [6.45, 7) is 2.05. The minimum absolute atomic E-state index is 0.0236. The third-order valence-electron chi connectivity index (χ3n) is 5.18. The van der Waals surface area contributed by atoms with Gasteiger partial charge in [-0.1, -0.05) is 54.6 Å². The van der Waals surface area contributed by atoms with E-state index in [0.29, 0.717) is 34.0 Å². The molecule has 0 aliphatic heterocycles. The highest BCUT2D eigenvalue weighted by molar-refractivity contribution is 6.07. The first-order chi connectivity index (χ1) is 16.0. The lowest BCUT2D eigenvalue weighted by atomic mass is 9.95. The van der Waals surface area contributed by atoms with Crippen LogP contribution in [0.1, 0.15) is 33.3 Å². The summed E-state index contributed by atoms with van der Waals surface area (Å²) in [7, 11) is 0. The minimum atomic E-state index is -0.656. The molecule has 4 aromatic rings. The molecule has 33 heavy (non-hydrogen) atoms. The molecular formula is C25H19N5O3. The van der Waals surface area contributed by atoms with Gasteiger partial charge in [0.15, 0.2) is 5.69 Å². The molecule has 3 aromatic carbocycles. The number of nitrogens with zero attached hydrogens (tertiary/aromatic N) is 3. The van der Waals surface area contributed by atoms with Gasteiger partial charge in [0.1, 0.15) is 0 Å². The average Bonchev–Trinajstić information content (AvgIpc) is 2.87. The number of hydrogen-bond acceptors (Lipinski definition) is 5. The summed E-state index contributed by atoms with van der Waals surface area (Å²) in [6, 6.07) is 22.6. The fourth-order valence-electron chi connectivity index (χ4n) is 3.59. The minimum Gasteiger partial charge on any atom is -0.267 e. The second-order valence-electron chi connectivity index (χ2n) is 7.13. The van der Waals surface area contributed by atoms with Crippen LogP contribution in [0.25, 0.3) is 21.9 Å². The maximum Gasteiger partial charge on any atom is 0.290 e. The Morgan fingerprint density at radius 3 is 2.21 bits per heavy atom. The Balaban J connectivity index is 1.63. The Kier molecular flexibility index (Phi) is 5.96. The monoisotopic (exact) mass is 437 g/mol. The van der Waals surface area contributed by atoms with Crippen LogP contribution in [-0.2, 0) is 6.54 Å². The molecule has 1 heterocycles. The third-order valence-corrected chi connectivity index (χ3v) is 5.18. The summed E-state index contributed by atoms with van der Waals surface area (Å²) < 4.78 is 1.20. The highest BCUT2D eigenvalue weighted by Crippen LogP contribution is 2.26. The highest BCUT2D eigenvalue weighted by atomic mass is 16.2. The predicted octanol–water partition coefficient (Wildman–Crippen LogP) is 3.03. The van der Waals surface area contributed by atoms with E-state index in [0.717, 1.165) is 0 Å². The summed E-state index contributed by atoms with van der Waals surface area (Å²) in [5, 5.41) is 14.3. The second-order valence-corrected chi connectivity index (χ2v) is 7.13. The molecular weight excluding hydrogens is 418 g/mol. The standard InChI is InChI=1S/C25H19N5O3/c1-2-30-25(33)21-14-8-6-12-19(21)22(29-30)24(32)28-27-23(31)20-13-7-5-11-18(20)17-10-4-3-9-16(17)15-26/h3-14H,2H2,1H3,(H,27,31)(H,28,32). The van der Waals surface area contributed by atoms with Crippen molar-refractivity contribution >= 4 is 22.6 Å². The van der Waals surface area contributed by atoms with E-state index in [1.807, 2.05) is 0 Å². The zero-order valence-corrected chi connectivity index (χ0v) is 17.7. The van der Waals surface area contributed by atoms with Crippen LogP contribution >= 0.6 is 0 Å².